The summed E-state index contributed by atoms with van der Waals surface area (Å²) >= 11 is 0. The largest absolute Gasteiger partial charge is 0.486 e. The van der Waals surface area contributed by atoms with E-state index in [0.717, 1.165) is 30.3 Å². The van der Waals surface area contributed by atoms with Crippen molar-refractivity contribution in [1.82, 2.24) is 10.5 Å². The van der Waals surface area contributed by atoms with E-state index in [1.54, 1.807) is 0 Å². The molecule has 0 radical (unpaired) electrons. The van der Waals surface area contributed by atoms with Gasteiger partial charge in [-0.25, -0.2) is 0 Å². The topological polar surface area (TPSA) is 47.3 Å². The Labute approximate surface area is 126 Å². The van der Waals surface area contributed by atoms with Gasteiger partial charge < -0.3 is 14.6 Å². The maximum Gasteiger partial charge on any atom is 0.174 e. The van der Waals surface area contributed by atoms with Crippen molar-refractivity contribution in [3.8, 4) is 5.75 Å². The van der Waals surface area contributed by atoms with E-state index >= 15 is 0 Å². The highest BCUT2D eigenvalue weighted by Gasteiger charge is 2.07. The molecule has 0 unspecified atom stereocenters. The second-order valence-corrected chi connectivity index (χ2v) is 5.53. The van der Waals surface area contributed by atoms with Crippen LogP contribution in [0.15, 0.2) is 28.8 Å². The SMILES string of the molecule is CCNCc1cc(COc2ccc(C(C)C)c(C)c2)on1. The number of aryl methyl sites for hydroxylation is 1. The molecule has 0 spiro atoms. The van der Waals surface area contributed by atoms with E-state index in [2.05, 4.69) is 50.3 Å². The summed E-state index contributed by atoms with van der Waals surface area (Å²) in [5.74, 6) is 2.14. The minimum Gasteiger partial charge on any atom is -0.486 e. The van der Waals surface area contributed by atoms with Gasteiger partial charge in [0, 0.05) is 12.6 Å². The van der Waals surface area contributed by atoms with Crippen molar-refractivity contribution in [2.75, 3.05) is 6.54 Å². The Balaban J connectivity index is 1.93. The minimum atomic E-state index is 0.402. The van der Waals surface area contributed by atoms with Crippen molar-refractivity contribution < 1.29 is 9.26 Å². The van der Waals surface area contributed by atoms with Crippen molar-refractivity contribution in [3.63, 3.8) is 0 Å². The Morgan fingerprint density at radius 3 is 2.76 bits per heavy atom. The summed E-state index contributed by atoms with van der Waals surface area (Å²) in [5, 5.41) is 7.22. The minimum absolute atomic E-state index is 0.402. The maximum absolute atomic E-state index is 5.77. The molecule has 2 aromatic rings. The lowest BCUT2D eigenvalue weighted by Crippen LogP contribution is -2.11. The molecule has 0 atom stereocenters. The summed E-state index contributed by atoms with van der Waals surface area (Å²) in [5.41, 5.74) is 3.52. The third-order valence-corrected chi connectivity index (χ3v) is 3.41. The molecule has 0 fully saturated rings. The standard InChI is InChI=1S/C17H24N2O2/c1-5-18-10-14-9-16(21-19-14)11-20-15-6-7-17(12(2)3)13(4)8-15/h6-9,12,18H,5,10-11H2,1-4H3. The first-order valence-corrected chi connectivity index (χ1v) is 7.48. The van der Waals surface area contributed by atoms with E-state index in [-0.39, 0.29) is 0 Å². The van der Waals surface area contributed by atoms with Gasteiger partial charge in [-0.05, 0) is 42.6 Å². The molecule has 114 valence electrons. The number of nitrogens with one attached hydrogen (secondary N) is 1. The molecular weight excluding hydrogens is 264 g/mol. The van der Waals surface area contributed by atoms with Crippen LogP contribution in [0.25, 0.3) is 0 Å². The van der Waals surface area contributed by atoms with Gasteiger partial charge in [0.1, 0.15) is 12.4 Å². The van der Waals surface area contributed by atoms with Gasteiger partial charge in [0.25, 0.3) is 0 Å². The van der Waals surface area contributed by atoms with Gasteiger partial charge in [-0.3, -0.25) is 0 Å². The van der Waals surface area contributed by atoms with Crippen LogP contribution in [0.5, 0.6) is 5.75 Å². The normalized spacial score (nSPS) is 11.1. The fraction of sp³-hybridized carbons (Fsp3) is 0.471. The molecular formula is C17H24N2O2. The number of nitrogens with zero attached hydrogens (tertiary/aromatic N) is 1. The second kappa shape index (κ2) is 7.27. The average molecular weight is 288 g/mol. The Morgan fingerprint density at radius 2 is 2.10 bits per heavy atom. The molecule has 4 heteroatoms. The van der Waals surface area contributed by atoms with Crippen LogP contribution in [0.2, 0.25) is 0 Å². The van der Waals surface area contributed by atoms with Gasteiger partial charge in [-0.1, -0.05) is 32.0 Å². The predicted molar refractivity (Wildman–Crippen MR) is 83.5 cm³/mol. The van der Waals surface area contributed by atoms with Gasteiger partial charge in [-0.15, -0.1) is 0 Å². The van der Waals surface area contributed by atoms with Crippen molar-refractivity contribution in [1.29, 1.82) is 0 Å². The fourth-order valence-electron chi connectivity index (χ4n) is 2.30. The van der Waals surface area contributed by atoms with Crippen LogP contribution in [-0.2, 0) is 13.2 Å². The van der Waals surface area contributed by atoms with Gasteiger partial charge in [0.2, 0.25) is 0 Å². The molecule has 2 rings (SSSR count). The van der Waals surface area contributed by atoms with Crippen molar-refractivity contribution in [2.24, 2.45) is 0 Å². The van der Waals surface area contributed by atoms with E-state index in [4.69, 9.17) is 9.26 Å². The molecule has 0 amide bonds. The highest BCUT2D eigenvalue weighted by Crippen LogP contribution is 2.24. The molecule has 0 aliphatic carbocycles. The van der Waals surface area contributed by atoms with Crippen LogP contribution in [-0.4, -0.2) is 11.7 Å². The van der Waals surface area contributed by atoms with Crippen molar-refractivity contribution in [2.45, 2.75) is 46.8 Å². The quantitative estimate of drug-likeness (QED) is 0.842. The first kappa shape index (κ1) is 15.6. The van der Waals surface area contributed by atoms with E-state index in [9.17, 15) is 0 Å². The third kappa shape index (κ3) is 4.33. The van der Waals surface area contributed by atoms with Crippen LogP contribution in [0.1, 0.15) is 49.3 Å². The van der Waals surface area contributed by atoms with Crippen LogP contribution in [0, 0.1) is 6.92 Å². The summed E-state index contributed by atoms with van der Waals surface area (Å²) in [6, 6.07) is 8.15. The lowest BCUT2D eigenvalue weighted by molar-refractivity contribution is 0.248. The summed E-state index contributed by atoms with van der Waals surface area (Å²) < 4.78 is 11.0. The number of rotatable bonds is 7. The first-order chi connectivity index (χ1) is 10.1. The molecule has 4 nitrogen and oxygen atoms in total. The number of benzene rings is 1. The molecule has 1 heterocycles. The van der Waals surface area contributed by atoms with E-state index in [1.165, 1.54) is 11.1 Å². The van der Waals surface area contributed by atoms with Gasteiger partial charge >= 0.3 is 0 Å². The first-order valence-electron chi connectivity index (χ1n) is 7.48. The highest BCUT2D eigenvalue weighted by molar-refractivity contribution is 5.36. The van der Waals surface area contributed by atoms with Gasteiger partial charge in [0.05, 0.1) is 5.69 Å². The zero-order chi connectivity index (χ0) is 15.2. The molecule has 1 aromatic heterocycles. The van der Waals surface area contributed by atoms with E-state index in [0.29, 0.717) is 12.5 Å². The molecule has 1 N–H and O–H groups in total. The summed E-state index contributed by atoms with van der Waals surface area (Å²) in [6.45, 7) is 10.6. The lowest BCUT2D eigenvalue weighted by Gasteiger charge is -2.11. The van der Waals surface area contributed by atoms with Crippen LogP contribution in [0.4, 0.5) is 0 Å². The third-order valence-electron chi connectivity index (χ3n) is 3.41. The number of aromatic nitrogens is 1. The maximum atomic E-state index is 5.77. The second-order valence-electron chi connectivity index (χ2n) is 5.53. The predicted octanol–water partition coefficient (Wildman–Crippen LogP) is 3.79. The molecule has 1 aromatic carbocycles. The van der Waals surface area contributed by atoms with Crippen LogP contribution in [0.3, 0.4) is 0 Å². The zero-order valence-electron chi connectivity index (χ0n) is 13.3. The smallest absolute Gasteiger partial charge is 0.174 e. The Kier molecular flexibility index (Phi) is 5.39. The average Bonchev–Trinajstić information content (AvgIpc) is 2.90. The molecule has 0 bridgehead atoms. The Morgan fingerprint density at radius 1 is 1.29 bits per heavy atom. The van der Waals surface area contributed by atoms with Gasteiger partial charge in [-0.2, -0.15) is 0 Å². The molecule has 0 aliphatic heterocycles. The summed E-state index contributed by atoms with van der Waals surface area (Å²) in [4.78, 5) is 0. The number of hydrogen-bond donors (Lipinski definition) is 1. The van der Waals surface area contributed by atoms with Crippen molar-refractivity contribution in [3.05, 3.63) is 46.8 Å². The Bertz CT molecular complexity index is 576. The molecule has 0 saturated carbocycles. The number of hydrogen-bond acceptors (Lipinski definition) is 4. The molecule has 21 heavy (non-hydrogen) atoms. The highest BCUT2D eigenvalue weighted by atomic mass is 16.5. The Hall–Kier alpha value is -1.81. The van der Waals surface area contributed by atoms with E-state index < -0.39 is 0 Å². The van der Waals surface area contributed by atoms with Crippen LogP contribution < -0.4 is 10.1 Å². The van der Waals surface area contributed by atoms with Crippen LogP contribution >= 0.6 is 0 Å². The van der Waals surface area contributed by atoms with Gasteiger partial charge in [0.15, 0.2) is 5.76 Å². The lowest BCUT2D eigenvalue weighted by atomic mass is 9.98. The van der Waals surface area contributed by atoms with Crippen molar-refractivity contribution >= 4 is 0 Å². The van der Waals surface area contributed by atoms with E-state index in [1.807, 2.05) is 12.1 Å². The molecule has 0 saturated heterocycles. The fourth-order valence-corrected chi connectivity index (χ4v) is 2.30. The zero-order valence-corrected chi connectivity index (χ0v) is 13.3. The summed E-state index contributed by atoms with van der Waals surface area (Å²) in [6.07, 6.45) is 0. The number of ether oxygens (including phenoxy) is 1. The molecule has 0 aliphatic rings. The monoisotopic (exact) mass is 288 g/mol. The summed E-state index contributed by atoms with van der Waals surface area (Å²) in [7, 11) is 0.